The molecule has 20 aromatic rings. The van der Waals surface area contributed by atoms with Gasteiger partial charge in [0.05, 0.1) is 56.9 Å². The van der Waals surface area contributed by atoms with Crippen LogP contribution < -0.4 is 26.2 Å². The van der Waals surface area contributed by atoms with Gasteiger partial charge in [-0.25, -0.2) is 29.9 Å². The van der Waals surface area contributed by atoms with Crippen molar-refractivity contribution in [2.75, 3.05) is 9.80 Å². The lowest BCUT2D eigenvalue weighted by Gasteiger charge is -2.46. The molecule has 10 nitrogen and oxygen atoms in total. The SMILES string of the molecule is [2H]c1c([2H])c([2H])c(-c2ccc3c(c2)N(c2c(-c4ccccc4)cc(C(C)(C)C)cc2-c2nc(-c4ccccc4)nc(-c4ccccc4)n2)c2cc(-n4c5c([2H])c([2H])c([2H])c([2H])c5c5c([2H])c([2H])c([2H])c([2H])c54)cc4c2B3c2ccc(-n3c5ccc(C(C)(C)C)cc5c5cc(C(C)(C)C)ccc53)cc2N4c2c(-c3ccccc3)cc(C(C)(C)C)cc2-c2nc(-c3ccccc3)nc(-c3ccccc3)n2)c([2H])c1[2H]. The second-order valence-electron chi connectivity index (χ2n) is 37.7. The molecular formula is C118H97BN10. The van der Waals surface area contributed by atoms with Crippen LogP contribution in [-0.4, -0.2) is 45.8 Å². The number of hydrogen-bond acceptors (Lipinski definition) is 8. The summed E-state index contributed by atoms with van der Waals surface area (Å²) in [6.45, 7) is 25.5. The summed E-state index contributed by atoms with van der Waals surface area (Å²) in [6, 6.07) is 91.0. The van der Waals surface area contributed by atoms with E-state index in [4.69, 9.17) is 31.3 Å². The predicted octanol–water partition coefficient (Wildman–Crippen LogP) is 28.5. The predicted molar refractivity (Wildman–Crippen MR) is 540 cm³/mol. The third-order valence-electron chi connectivity index (χ3n) is 25.3. The standard InChI is InChI=1S/C118H97BN10/c1-115(2,3)82-57-62-100-92(65-82)93-66-83(116(4,5)6)58-63-101(93)126(100)86-59-61-97-103(71-86)129(108-91(76-42-24-15-25-43-76)68-85(118(10,11)12)70-95(108)114-124-111(79-48-30-18-31-49-79)121-112(125-114)80-50-32-19-33-51-80)105-73-87(127-98-54-36-34-52-88(98)89-53-35-37-55-99(89)127)72-104-106(105)119(97)96-60-56-81(74-38-20-13-21-39-74)64-102(96)128(104)107-90(75-40-22-14-23-41-75)67-84(117(7,8)9)69-94(107)113-122-109(77-44-26-16-27-45-77)120-110(123-113)78-46-28-17-29-47-78/h13-73H,1-12H3/i13D,20D,21D,34D,35D,36D,37D,38D,39D,52D,53D,54D,55D. The molecule has 0 amide bonds. The van der Waals surface area contributed by atoms with Crippen molar-refractivity contribution in [3.63, 3.8) is 0 Å². The van der Waals surface area contributed by atoms with E-state index in [2.05, 4.69) is 201 Å². The molecule has 11 heteroatoms. The summed E-state index contributed by atoms with van der Waals surface area (Å²) in [6.07, 6.45) is 0. The Balaban J connectivity index is 1.00. The maximum atomic E-state index is 10.5. The van der Waals surface area contributed by atoms with Crippen LogP contribution in [0.1, 0.15) is 123 Å². The summed E-state index contributed by atoms with van der Waals surface area (Å²) in [5.74, 6) is 2.01. The summed E-state index contributed by atoms with van der Waals surface area (Å²) in [7, 11) is 0. The number of benzene rings is 16. The molecule has 2 aliphatic heterocycles. The highest BCUT2D eigenvalue weighted by molar-refractivity contribution is 7.00. The Labute approximate surface area is 773 Å². The summed E-state index contributed by atoms with van der Waals surface area (Å²) in [5.41, 5.74) is 16.8. The Kier molecular flexibility index (Phi) is 15.9. The Bertz CT molecular complexity index is 8380. The highest BCUT2D eigenvalue weighted by Crippen LogP contribution is 2.56. The Morgan fingerprint density at radius 1 is 0.240 bits per heavy atom. The highest BCUT2D eigenvalue weighted by Gasteiger charge is 2.47. The number of nitrogens with zero attached hydrogens (tertiary/aromatic N) is 10. The van der Waals surface area contributed by atoms with Crippen molar-refractivity contribution in [3.05, 3.63) is 392 Å². The maximum absolute atomic E-state index is 10.5. The fraction of sp³-hybridized carbons (Fsp3) is 0.136. The molecule has 2 aliphatic rings. The fourth-order valence-corrected chi connectivity index (χ4v) is 18.7. The van der Waals surface area contributed by atoms with E-state index in [9.17, 15) is 16.4 Å². The van der Waals surface area contributed by atoms with E-state index in [0.29, 0.717) is 102 Å². The van der Waals surface area contributed by atoms with Crippen LogP contribution in [0.25, 0.3) is 157 Å². The summed E-state index contributed by atoms with van der Waals surface area (Å²) in [5, 5.41) is 1.78. The second-order valence-corrected chi connectivity index (χ2v) is 37.7. The van der Waals surface area contributed by atoms with Gasteiger partial charge in [-0.2, -0.15) is 0 Å². The molecule has 6 heterocycles. The van der Waals surface area contributed by atoms with Gasteiger partial charge in [0.25, 0.3) is 6.71 Å². The number of anilines is 6. The number of rotatable bonds is 13. The highest BCUT2D eigenvalue weighted by atomic mass is 15.2. The zero-order valence-electron chi connectivity index (χ0n) is 86.8. The average Bonchev–Trinajstić information content (AvgIpc) is 1.03. The molecule has 0 aliphatic carbocycles. The fourth-order valence-electron chi connectivity index (χ4n) is 18.7. The van der Waals surface area contributed by atoms with Gasteiger partial charge in [0, 0.05) is 94.5 Å². The Morgan fingerprint density at radius 3 is 0.969 bits per heavy atom. The molecule has 622 valence electrons. The third kappa shape index (κ3) is 14.0. The van der Waals surface area contributed by atoms with Gasteiger partial charge in [-0.15, -0.1) is 0 Å². The first kappa shape index (κ1) is 66.3. The van der Waals surface area contributed by atoms with Crippen LogP contribution in [-0.2, 0) is 21.7 Å². The smallest absolute Gasteiger partial charge is 0.252 e. The molecular weight excluding hydrogens is 1570 g/mol. The molecule has 0 N–H and O–H groups in total. The van der Waals surface area contributed by atoms with Gasteiger partial charge in [-0.1, -0.05) is 362 Å². The van der Waals surface area contributed by atoms with Gasteiger partial charge in [0.15, 0.2) is 34.9 Å². The van der Waals surface area contributed by atoms with Gasteiger partial charge in [-0.3, -0.25) is 0 Å². The molecule has 0 saturated carbocycles. The van der Waals surface area contributed by atoms with Crippen molar-refractivity contribution in [3.8, 4) is 113 Å². The molecule has 129 heavy (non-hydrogen) atoms. The van der Waals surface area contributed by atoms with Crippen molar-refractivity contribution in [2.24, 2.45) is 0 Å². The lowest BCUT2D eigenvalue weighted by molar-refractivity contribution is 0.590. The first-order chi connectivity index (χ1) is 67.9. The molecule has 0 bridgehead atoms. The quantitative estimate of drug-likeness (QED) is 0.105. The molecule has 0 radical (unpaired) electrons. The minimum absolute atomic E-state index is 0.0780. The van der Waals surface area contributed by atoms with Crippen LogP contribution in [0.4, 0.5) is 34.1 Å². The molecule has 22 rings (SSSR count). The molecule has 0 fully saturated rings. The molecule has 16 aromatic carbocycles. The first-order valence-corrected chi connectivity index (χ1v) is 43.9. The van der Waals surface area contributed by atoms with Crippen molar-refractivity contribution < 1.29 is 17.8 Å². The van der Waals surface area contributed by atoms with Gasteiger partial charge < -0.3 is 18.9 Å². The number of hydrogen-bond donors (Lipinski definition) is 0. The van der Waals surface area contributed by atoms with Gasteiger partial charge in [0.2, 0.25) is 0 Å². The van der Waals surface area contributed by atoms with Crippen LogP contribution >= 0.6 is 0 Å². The summed E-state index contributed by atoms with van der Waals surface area (Å²) >= 11 is 0. The lowest BCUT2D eigenvalue weighted by Crippen LogP contribution is -2.61. The monoisotopic (exact) mass is 1680 g/mol. The van der Waals surface area contributed by atoms with Crippen LogP contribution in [0.15, 0.2) is 370 Å². The largest absolute Gasteiger partial charge is 0.310 e. The van der Waals surface area contributed by atoms with E-state index in [1.807, 2.05) is 188 Å². The summed E-state index contributed by atoms with van der Waals surface area (Å²) < 4.78 is 132. The molecule has 0 unspecified atom stereocenters. The zero-order valence-corrected chi connectivity index (χ0v) is 73.8. The van der Waals surface area contributed by atoms with Crippen LogP contribution in [0, 0.1) is 0 Å². The Morgan fingerprint density at radius 2 is 0.574 bits per heavy atom. The van der Waals surface area contributed by atoms with Gasteiger partial charge in [0.1, 0.15) is 0 Å². The molecule has 0 atom stereocenters. The number of fused-ring (bicyclic) bond motifs is 10. The van der Waals surface area contributed by atoms with Crippen LogP contribution in [0.2, 0.25) is 0 Å². The summed E-state index contributed by atoms with van der Waals surface area (Å²) in [4.78, 5) is 38.1. The van der Waals surface area contributed by atoms with Gasteiger partial charge >= 0.3 is 0 Å². The normalized spacial score (nSPS) is 14.2. The average molecular weight is 1680 g/mol. The molecule has 0 spiro atoms. The van der Waals surface area contributed by atoms with Crippen molar-refractivity contribution in [1.82, 2.24) is 39.0 Å². The zero-order chi connectivity index (χ0) is 99.2. The van der Waals surface area contributed by atoms with Crippen molar-refractivity contribution in [1.29, 1.82) is 0 Å². The van der Waals surface area contributed by atoms with E-state index in [-0.39, 0.29) is 55.3 Å². The van der Waals surface area contributed by atoms with E-state index in [1.54, 1.807) is 4.57 Å². The van der Waals surface area contributed by atoms with Crippen LogP contribution in [0.5, 0.6) is 0 Å². The lowest BCUT2D eigenvalue weighted by atomic mass is 9.33. The minimum Gasteiger partial charge on any atom is -0.310 e. The maximum Gasteiger partial charge on any atom is 0.252 e. The van der Waals surface area contributed by atoms with E-state index < -0.39 is 96.1 Å². The van der Waals surface area contributed by atoms with Gasteiger partial charge in [-0.05, 0) is 174 Å². The minimum atomic E-state index is -0.915. The van der Waals surface area contributed by atoms with E-state index >= 15 is 0 Å². The second kappa shape index (κ2) is 30.8. The molecule has 0 saturated heterocycles. The number of aromatic nitrogens is 8. The number of para-hydroxylation sites is 2. The topological polar surface area (TPSA) is 93.7 Å². The van der Waals surface area contributed by atoms with E-state index in [1.165, 1.54) is 0 Å². The Hall–Kier alpha value is -15.2. The first-order valence-electron chi connectivity index (χ1n) is 50.4. The van der Waals surface area contributed by atoms with E-state index in [0.717, 1.165) is 83.0 Å². The molecule has 4 aromatic heterocycles. The van der Waals surface area contributed by atoms with Crippen molar-refractivity contribution >= 4 is 101 Å². The van der Waals surface area contributed by atoms with Crippen LogP contribution in [0.3, 0.4) is 0 Å². The third-order valence-corrected chi connectivity index (χ3v) is 25.3. The van der Waals surface area contributed by atoms with Crippen molar-refractivity contribution in [2.45, 2.75) is 105 Å².